The van der Waals surface area contributed by atoms with Crippen LogP contribution in [0, 0.1) is 0 Å². The molecule has 1 heteroatoms. The van der Waals surface area contributed by atoms with Gasteiger partial charge in [0.2, 0.25) is 0 Å². The monoisotopic (exact) mass is 188 g/mol. The Kier molecular flexibility index (Phi) is 4.56. The lowest BCUT2D eigenvalue weighted by atomic mass is 10.2. The van der Waals surface area contributed by atoms with Crippen molar-refractivity contribution < 1.29 is 4.74 Å². The largest absolute Gasteiger partial charge is 0.493 e. The summed E-state index contributed by atoms with van der Waals surface area (Å²) in [5.41, 5.74) is 1.10. The van der Waals surface area contributed by atoms with E-state index in [9.17, 15) is 0 Å². The highest BCUT2D eigenvalue weighted by Crippen LogP contribution is 2.15. The minimum atomic E-state index is 0.745. The summed E-state index contributed by atoms with van der Waals surface area (Å²) in [6, 6.07) is 10.1. The van der Waals surface area contributed by atoms with E-state index in [1.165, 1.54) is 0 Å². The molecular weight excluding hydrogens is 172 g/mol. The highest BCUT2D eigenvalue weighted by atomic mass is 16.5. The van der Waals surface area contributed by atoms with Gasteiger partial charge in [-0.1, -0.05) is 49.9 Å². The average Bonchev–Trinajstić information content (AvgIpc) is 2.25. The van der Waals surface area contributed by atoms with E-state index >= 15 is 0 Å². The van der Waals surface area contributed by atoms with Crippen molar-refractivity contribution in [2.45, 2.75) is 13.3 Å². The summed E-state index contributed by atoms with van der Waals surface area (Å²) in [6.07, 6.45) is 4.66. The Morgan fingerprint density at radius 1 is 1.36 bits per heavy atom. The molecule has 0 saturated carbocycles. The quantitative estimate of drug-likeness (QED) is 0.506. The molecule has 0 saturated heterocycles. The van der Waals surface area contributed by atoms with Crippen molar-refractivity contribution >= 4 is 5.76 Å². The van der Waals surface area contributed by atoms with Crippen LogP contribution in [-0.4, -0.2) is 6.61 Å². The zero-order chi connectivity index (χ0) is 10.2. The van der Waals surface area contributed by atoms with Crippen LogP contribution < -0.4 is 0 Å². The molecule has 0 bridgehead atoms. The number of allylic oxidation sites excluding steroid dienone is 2. The second kappa shape index (κ2) is 6.03. The molecule has 0 unspecified atom stereocenters. The molecule has 0 aliphatic carbocycles. The first-order valence-corrected chi connectivity index (χ1v) is 4.89. The number of hydrogen-bond acceptors (Lipinski definition) is 1. The molecule has 1 nitrogen and oxygen atoms in total. The van der Waals surface area contributed by atoms with Gasteiger partial charge in [0.15, 0.2) is 0 Å². The van der Waals surface area contributed by atoms with Crippen molar-refractivity contribution in [2.24, 2.45) is 0 Å². The first-order valence-electron chi connectivity index (χ1n) is 4.89. The Balaban J connectivity index is 2.78. The molecule has 1 aromatic rings. The van der Waals surface area contributed by atoms with Crippen LogP contribution in [0.2, 0.25) is 0 Å². The smallest absolute Gasteiger partial charge is 0.126 e. The Hall–Kier alpha value is -1.50. The van der Waals surface area contributed by atoms with Crippen molar-refractivity contribution in [3.63, 3.8) is 0 Å². The van der Waals surface area contributed by atoms with Gasteiger partial charge in [-0.05, 0) is 12.5 Å². The summed E-state index contributed by atoms with van der Waals surface area (Å²) in [6.45, 7) is 6.52. The van der Waals surface area contributed by atoms with E-state index in [1.807, 2.05) is 36.4 Å². The Bertz CT molecular complexity index is 298. The molecule has 0 aliphatic rings. The van der Waals surface area contributed by atoms with Crippen LogP contribution in [-0.2, 0) is 4.74 Å². The van der Waals surface area contributed by atoms with Crippen molar-refractivity contribution in [1.82, 2.24) is 0 Å². The van der Waals surface area contributed by atoms with Gasteiger partial charge in [0.1, 0.15) is 5.76 Å². The predicted molar refractivity (Wildman–Crippen MR) is 60.9 cm³/mol. The molecule has 0 amide bonds. The standard InChI is InChI=1S/C13H16O/c1-3-8-13(14-11-4-2)12-9-6-5-7-10-12/h3,5-10H,1,4,11H2,2H3. The van der Waals surface area contributed by atoms with Gasteiger partial charge in [-0.25, -0.2) is 0 Å². The predicted octanol–water partition coefficient (Wildman–Crippen LogP) is 3.64. The number of ether oxygens (including phenoxy) is 1. The molecule has 0 N–H and O–H groups in total. The van der Waals surface area contributed by atoms with E-state index in [2.05, 4.69) is 13.5 Å². The van der Waals surface area contributed by atoms with Crippen LogP contribution in [0.1, 0.15) is 18.9 Å². The topological polar surface area (TPSA) is 9.23 Å². The molecular formula is C13H16O. The van der Waals surface area contributed by atoms with E-state index in [-0.39, 0.29) is 0 Å². The SMILES string of the molecule is C=CC=C(OCCC)c1ccccc1. The third-order valence-corrected chi connectivity index (χ3v) is 1.79. The fourth-order valence-electron chi connectivity index (χ4n) is 1.15. The lowest BCUT2D eigenvalue weighted by Crippen LogP contribution is -1.93. The fourth-order valence-corrected chi connectivity index (χ4v) is 1.15. The molecule has 0 fully saturated rings. The molecule has 74 valence electrons. The number of benzene rings is 1. The van der Waals surface area contributed by atoms with E-state index in [1.54, 1.807) is 6.08 Å². The Labute approximate surface area is 85.7 Å². The summed E-state index contributed by atoms with van der Waals surface area (Å²) < 4.78 is 5.61. The van der Waals surface area contributed by atoms with Crippen molar-refractivity contribution in [2.75, 3.05) is 6.61 Å². The lowest BCUT2D eigenvalue weighted by Gasteiger charge is -2.08. The molecule has 0 aromatic heterocycles. The second-order valence-corrected chi connectivity index (χ2v) is 2.98. The molecule has 0 aliphatic heterocycles. The molecule has 0 radical (unpaired) electrons. The minimum Gasteiger partial charge on any atom is -0.493 e. The Morgan fingerprint density at radius 3 is 2.64 bits per heavy atom. The van der Waals surface area contributed by atoms with Gasteiger partial charge in [-0.15, -0.1) is 0 Å². The van der Waals surface area contributed by atoms with Crippen LogP contribution in [0.25, 0.3) is 5.76 Å². The summed E-state index contributed by atoms with van der Waals surface area (Å²) in [7, 11) is 0. The molecule has 1 rings (SSSR count). The third-order valence-electron chi connectivity index (χ3n) is 1.79. The van der Waals surface area contributed by atoms with Gasteiger partial charge in [-0.2, -0.15) is 0 Å². The molecule has 0 spiro atoms. The van der Waals surface area contributed by atoms with Crippen LogP contribution in [0.4, 0.5) is 0 Å². The normalized spacial score (nSPS) is 11.1. The second-order valence-electron chi connectivity index (χ2n) is 2.98. The first kappa shape index (κ1) is 10.6. The van der Waals surface area contributed by atoms with Gasteiger partial charge in [0.25, 0.3) is 0 Å². The van der Waals surface area contributed by atoms with Crippen molar-refractivity contribution in [3.05, 3.63) is 54.6 Å². The number of rotatable bonds is 5. The van der Waals surface area contributed by atoms with Crippen LogP contribution in [0.15, 0.2) is 49.1 Å². The zero-order valence-corrected chi connectivity index (χ0v) is 8.57. The van der Waals surface area contributed by atoms with Crippen molar-refractivity contribution in [1.29, 1.82) is 0 Å². The van der Waals surface area contributed by atoms with E-state index in [4.69, 9.17) is 4.74 Å². The van der Waals surface area contributed by atoms with Gasteiger partial charge >= 0.3 is 0 Å². The van der Waals surface area contributed by atoms with Gasteiger partial charge in [-0.3, -0.25) is 0 Å². The molecule has 0 heterocycles. The van der Waals surface area contributed by atoms with Gasteiger partial charge in [0.05, 0.1) is 6.61 Å². The molecule has 0 atom stereocenters. The third kappa shape index (κ3) is 3.09. The number of hydrogen-bond donors (Lipinski definition) is 0. The van der Waals surface area contributed by atoms with E-state index in [0.29, 0.717) is 0 Å². The summed E-state index contributed by atoms with van der Waals surface area (Å²) in [4.78, 5) is 0. The summed E-state index contributed by atoms with van der Waals surface area (Å²) in [5, 5.41) is 0. The highest BCUT2D eigenvalue weighted by molar-refractivity contribution is 5.61. The van der Waals surface area contributed by atoms with Gasteiger partial charge in [0, 0.05) is 5.56 Å². The first-order chi connectivity index (χ1) is 6.88. The maximum Gasteiger partial charge on any atom is 0.126 e. The van der Waals surface area contributed by atoms with E-state index in [0.717, 1.165) is 24.4 Å². The maximum atomic E-state index is 5.61. The van der Waals surface area contributed by atoms with Crippen LogP contribution >= 0.6 is 0 Å². The molecule has 14 heavy (non-hydrogen) atoms. The lowest BCUT2D eigenvalue weighted by molar-refractivity contribution is 0.277. The van der Waals surface area contributed by atoms with Crippen LogP contribution in [0.3, 0.4) is 0 Å². The maximum absolute atomic E-state index is 5.61. The van der Waals surface area contributed by atoms with Crippen molar-refractivity contribution in [3.8, 4) is 0 Å². The van der Waals surface area contributed by atoms with Crippen LogP contribution in [0.5, 0.6) is 0 Å². The highest BCUT2D eigenvalue weighted by Gasteiger charge is 1.99. The average molecular weight is 188 g/mol. The fraction of sp³-hybridized carbons (Fsp3) is 0.231. The molecule has 1 aromatic carbocycles. The zero-order valence-electron chi connectivity index (χ0n) is 8.57. The summed E-state index contributed by atoms with van der Waals surface area (Å²) >= 11 is 0. The summed E-state index contributed by atoms with van der Waals surface area (Å²) in [5.74, 6) is 0.891. The Morgan fingerprint density at radius 2 is 2.07 bits per heavy atom. The van der Waals surface area contributed by atoms with Gasteiger partial charge < -0.3 is 4.74 Å². The minimum absolute atomic E-state index is 0.745. The van der Waals surface area contributed by atoms with E-state index < -0.39 is 0 Å².